The second-order valence-electron chi connectivity index (χ2n) is 6.07. The van der Waals surface area contributed by atoms with Gasteiger partial charge in [-0.3, -0.25) is 4.79 Å². The summed E-state index contributed by atoms with van der Waals surface area (Å²) in [5.74, 6) is -2.94. The Morgan fingerprint density at radius 3 is 2.27 bits per heavy atom. The Morgan fingerprint density at radius 2 is 1.86 bits per heavy atom. The highest BCUT2D eigenvalue weighted by Gasteiger charge is 2.34. The maximum absolute atomic E-state index is 13.6. The third kappa shape index (κ3) is 5.29. The summed E-state index contributed by atoms with van der Waals surface area (Å²) in [6, 6.07) is 2.45. The molecule has 1 rings (SSSR count). The highest BCUT2D eigenvalue weighted by molar-refractivity contribution is 5.81. The lowest BCUT2D eigenvalue weighted by Gasteiger charge is -2.20. The molecule has 0 spiro atoms. The molecule has 0 aliphatic rings. The molecule has 0 radical (unpaired) electrons. The number of hydrogen-bond acceptors (Lipinski definition) is 2. The SMILES string of the molecule is CC(C)(N)CCC[C@@H](C(N)=O)c1ccc(C(F)(F)F)c(F)c1. The van der Waals surface area contributed by atoms with Gasteiger partial charge in [0.15, 0.2) is 0 Å². The number of primary amides is 1. The molecule has 0 unspecified atom stereocenters. The van der Waals surface area contributed by atoms with Crippen LogP contribution < -0.4 is 11.5 Å². The number of rotatable bonds is 6. The first-order valence-corrected chi connectivity index (χ1v) is 6.86. The number of nitrogens with two attached hydrogens (primary N) is 2. The van der Waals surface area contributed by atoms with Gasteiger partial charge in [-0.2, -0.15) is 13.2 Å². The topological polar surface area (TPSA) is 69.1 Å². The van der Waals surface area contributed by atoms with Crippen molar-refractivity contribution in [3.63, 3.8) is 0 Å². The Balaban J connectivity index is 2.93. The number of carbonyl (C=O) groups excluding carboxylic acids is 1. The molecule has 0 saturated heterocycles. The predicted octanol–water partition coefficient (Wildman–Crippen LogP) is 3.32. The normalized spacial score (nSPS) is 14.0. The molecule has 0 aliphatic heterocycles. The minimum atomic E-state index is -4.77. The van der Waals surface area contributed by atoms with Crippen LogP contribution in [0.15, 0.2) is 18.2 Å². The number of carbonyl (C=O) groups is 1. The largest absolute Gasteiger partial charge is 0.419 e. The molecule has 1 amide bonds. The van der Waals surface area contributed by atoms with Gasteiger partial charge < -0.3 is 11.5 Å². The number of benzene rings is 1. The van der Waals surface area contributed by atoms with Gasteiger partial charge in [0, 0.05) is 5.54 Å². The fraction of sp³-hybridized carbons (Fsp3) is 0.533. The molecular formula is C15H20F4N2O. The Bertz CT molecular complexity index is 535. The molecule has 0 heterocycles. The van der Waals surface area contributed by atoms with Gasteiger partial charge >= 0.3 is 6.18 Å². The van der Waals surface area contributed by atoms with Crippen molar-refractivity contribution in [1.82, 2.24) is 0 Å². The zero-order chi connectivity index (χ0) is 17.1. The van der Waals surface area contributed by atoms with E-state index in [1.165, 1.54) is 0 Å². The van der Waals surface area contributed by atoms with Crippen LogP contribution in [0.5, 0.6) is 0 Å². The van der Waals surface area contributed by atoms with E-state index in [0.29, 0.717) is 25.3 Å². The summed E-state index contributed by atoms with van der Waals surface area (Å²) in [6.07, 6.45) is -3.30. The molecule has 4 N–H and O–H groups in total. The summed E-state index contributed by atoms with van der Waals surface area (Å²) in [5, 5.41) is 0. The fourth-order valence-corrected chi connectivity index (χ4v) is 2.21. The van der Waals surface area contributed by atoms with E-state index in [9.17, 15) is 22.4 Å². The van der Waals surface area contributed by atoms with Crippen LogP contribution in [-0.4, -0.2) is 11.4 Å². The molecule has 3 nitrogen and oxygen atoms in total. The maximum atomic E-state index is 13.6. The first kappa shape index (κ1) is 18.4. The maximum Gasteiger partial charge on any atom is 0.419 e. The smallest absolute Gasteiger partial charge is 0.369 e. The van der Waals surface area contributed by atoms with Crippen LogP contribution in [0.25, 0.3) is 0 Å². The third-order valence-electron chi connectivity index (χ3n) is 3.36. The molecular weight excluding hydrogens is 300 g/mol. The average molecular weight is 320 g/mol. The Labute approximate surface area is 126 Å². The van der Waals surface area contributed by atoms with Gasteiger partial charge in [-0.1, -0.05) is 12.5 Å². The van der Waals surface area contributed by atoms with Crippen LogP contribution in [0.1, 0.15) is 50.2 Å². The van der Waals surface area contributed by atoms with Gasteiger partial charge in [-0.15, -0.1) is 0 Å². The molecule has 124 valence electrons. The molecule has 0 bridgehead atoms. The van der Waals surface area contributed by atoms with E-state index in [1.807, 2.05) is 13.8 Å². The highest BCUT2D eigenvalue weighted by Crippen LogP contribution is 2.33. The fourth-order valence-electron chi connectivity index (χ4n) is 2.21. The molecule has 1 aromatic carbocycles. The van der Waals surface area contributed by atoms with Crippen molar-refractivity contribution in [2.45, 2.75) is 50.7 Å². The van der Waals surface area contributed by atoms with Crippen LogP contribution in [0.2, 0.25) is 0 Å². The van der Waals surface area contributed by atoms with E-state index >= 15 is 0 Å². The molecule has 1 atom stereocenters. The van der Waals surface area contributed by atoms with Crippen molar-refractivity contribution in [1.29, 1.82) is 0 Å². The van der Waals surface area contributed by atoms with Crippen molar-refractivity contribution in [2.75, 3.05) is 0 Å². The number of alkyl halides is 3. The van der Waals surface area contributed by atoms with Crippen molar-refractivity contribution in [3.05, 3.63) is 35.1 Å². The van der Waals surface area contributed by atoms with Gasteiger partial charge in [0.1, 0.15) is 5.82 Å². The minimum Gasteiger partial charge on any atom is -0.369 e. The van der Waals surface area contributed by atoms with Crippen molar-refractivity contribution >= 4 is 5.91 Å². The van der Waals surface area contributed by atoms with Crippen molar-refractivity contribution in [3.8, 4) is 0 Å². The summed E-state index contributed by atoms with van der Waals surface area (Å²) in [5.41, 5.74) is 9.47. The lowest BCUT2D eigenvalue weighted by molar-refractivity contribution is -0.140. The van der Waals surface area contributed by atoms with Crippen LogP contribution in [0.4, 0.5) is 17.6 Å². The molecule has 0 saturated carbocycles. The van der Waals surface area contributed by atoms with Gasteiger partial charge in [-0.05, 0) is 44.4 Å². The minimum absolute atomic E-state index is 0.146. The zero-order valence-electron chi connectivity index (χ0n) is 12.5. The second kappa shape index (κ2) is 6.64. The van der Waals surface area contributed by atoms with E-state index < -0.39 is 34.9 Å². The summed E-state index contributed by atoms with van der Waals surface area (Å²) in [6.45, 7) is 3.65. The first-order chi connectivity index (χ1) is 9.92. The Hall–Kier alpha value is -1.63. The quantitative estimate of drug-likeness (QED) is 0.789. The van der Waals surface area contributed by atoms with E-state index in [1.54, 1.807) is 0 Å². The van der Waals surface area contributed by atoms with Crippen LogP contribution >= 0.6 is 0 Å². The van der Waals surface area contributed by atoms with E-state index in [4.69, 9.17) is 11.5 Å². The number of halogens is 4. The second-order valence-corrected chi connectivity index (χ2v) is 6.07. The molecule has 22 heavy (non-hydrogen) atoms. The lowest BCUT2D eigenvalue weighted by Crippen LogP contribution is -2.32. The van der Waals surface area contributed by atoms with E-state index in [2.05, 4.69) is 0 Å². The average Bonchev–Trinajstić information content (AvgIpc) is 2.31. The van der Waals surface area contributed by atoms with Crippen molar-refractivity contribution in [2.24, 2.45) is 11.5 Å². The molecule has 0 aromatic heterocycles. The van der Waals surface area contributed by atoms with E-state index in [-0.39, 0.29) is 5.56 Å². The first-order valence-electron chi connectivity index (χ1n) is 6.86. The highest BCUT2D eigenvalue weighted by atomic mass is 19.4. The molecule has 7 heteroatoms. The molecule has 1 aromatic rings. The Morgan fingerprint density at radius 1 is 1.27 bits per heavy atom. The molecule has 0 aliphatic carbocycles. The lowest BCUT2D eigenvalue weighted by atomic mass is 9.89. The van der Waals surface area contributed by atoms with Crippen LogP contribution in [0.3, 0.4) is 0 Å². The van der Waals surface area contributed by atoms with Crippen LogP contribution in [-0.2, 0) is 11.0 Å². The summed E-state index contributed by atoms with van der Waals surface area (Å²) in [7, 11) is 0. The molecule has 0 fully saturated rings. The number of hydrogen-bond donors (Lipinski definition) is 2. The monoisotopic (exact) mass is 320 g/mol. The van der Waals surface area contributed by atoms with Gasteiger partial charge in [0.05, 0.1) is 11.5 Å². The van der Waals surface area contributed by atoms with Crippen molar-refractivity contribution < 1.29 is 22.4 Å². The van der Waals surface area contributed by atoms with Gasteiger partial charge in [0.2, 0.25) is 5.91 Å². The van der Waals surface area contributed by atoms with Gasteiger partial charge in [0.25, 0.3) is 0 Å². The third-order valence-corrected chi connectivity index (χ3v) is 3.36. The number of amides is 1. The predicted molar refractivity (Wildman–Crippen MR) is 75.5 cm³/mol. The van der Waals surface area contributed by atoms with E-state index in [0.717, 1.165) is 12.1 Å². The zero-order valence-corrected chi connectivity index (χ0v) is 12.5. The van der Waals surface area contributed by atoms with Gasteiger partial charge in [-0.25, -0.2) is 4.39 Å². The Kier molecular flexibility index (Phi) is 5.56. The summed E-state index contributed by atoms with van der Waals surface area (Å²) < 4.78 is 51.2. The summed E-state index contributed by atoms with van der Waals surface area (Å²) in [4.78, 5) is 11.5. The van der Waals surface area contributed by atoms with Crippen LogP contribution in [0, 0.1) is 5.82 Å². The standard InChI is InChI=1S/C15H20F4N2O/c1-14(2,21)7-3-4-10(13(20)22)9-5-6-11(12(16)8-9)15(17,18)19/h5-6,8,10H,3-4,7,21H2,1-2H3,(H2,20,22)/t10-/m1/s1. The summed E-state index contributed by atoms with van der Waals surface area (Å²) >= 11 is 0.